The zero-order chi connectivity index (χ0) is 17.2. The van der Waals surface area contributed by atoms with E-state index in [0.717, 1.165) is 19.3 Å². The zero-order valence-corrected chi connectivity index (χ0v) is 13.7. The molecule has 5 nitrogen and oxygen atoms in total. The van der Waals surface area contributed by atoms with E-state index in [1.807, 2.05) is 0 Å². The van der Waals surface area contributed by atoms with Crippen LogP contribution in [0.4, 0.5) is 4.39 Å². The molecule has 0 saturated carbocycles. The van der Waals surface area contributed by atoms with Crippen LogP contribution in [0.5, 0.6) is 0 Å². The highest BCUT2D eigenvalue weighted by Crippen LogP contribution is 2.39. The predicted octanol–water partition coefficient (Wildman–Crippen LogP) is 1.66. The van der Waals surface area contributed by atoms with Crippen LogP contribution in [0.15, 0.2) is 24.3 Å². The quantitative estimate of drug-likeness (QED) is 0.915. The maximum atomic E-state index is 13.4. The summed E-state index contributed by atoms with van der Waals surface area (Å²) in [6.45, 7) is 2.12. The summed E-state index contributed by atoms with van der Waals surface area (Å²) in [4.78, 5) is 28.2. The number of carbonyl (C=O) groups excluding carboxylic acids is 2. The van der Waals surface area contributed by atoms with Crippen molar-refractivity contribution in [2.75, 3.05) is 32.8 Å². The molecule has 2 aliphatic rings. The number of aliphatic hydroxyl groups excluding tert-OH is 1. The van der Waals surface area contributed by atoms with Gasteiger partial charge in [0.05, 0.1) is 6.61 Å². The molecule has 0 aliphatic carbocycles. The molecule has 1 aromatic carbocycles. The first kappa shape index (κ1) is 16.9. The van der Waals surface area contributed by atoms with E-state index in [1.165, 1.54) is 12.1 Å². The second-order valence-electron chi connectivity index (χ2n) is 6.88. The van der Waals surface area contributed by atoms with Gasteiger partial charge < -0.3 is 14.9 Å². The Bertz CT molecular complexity index is 636. The second kappa shape index (κ2) is 6.89. The smallest absolute Gasteiger partial charge is 0.253 e. The van der Waals surface area contributed by atoms with Crippen LogP contribution in [0.3, 0.4) is 0 Å². The summed E-state index contributed by atoms with van der Waals surface area (Å²) >= 11 is 0. The monoisotopic (exact) mass is 334 g/mol. The van der Waals surface area contributed by atoms with Gasteiger partial charge in [-0.25, -0.2) is 4.39 Å². The summed E-state index contributed by atoms with van der Waals surface area (Å²) in [5.74, 6) is -0.493. The molecule has 0 aromatic heterocycles. The normalized spacial score (nSPS) is 24.5. The second-order valence-corrected chi connectivity index (χ2v) is 6.88. The number of carbonyl (C=O) groups is 2. The lowest BCUT2D eigenvalue weighted by Gasteiger charge is -2.48. The number of hydrogen-bond acceptors (Lipinski definition) is 3. The lowest BCUT2D eigenvalue weighted by molar-refractivity contribution is -0.139. The van der Waals surface area contributed by atoms with Gasteiger partial charge in [-0.05, 0) is 37.5 Å². The van der Waals surface area contributed by atoms with Crippen LogP contribution < -0.4 is 0 Å². The summed E-state index contributed by atoms with van der Waals surface area (Å²) in [5, 5.41) is 9.14. The highest BCUT2D eigenvalue weighted by molar-refractivity contribution is 5.94. The van der Waals surface area contributed by atoms with E-state index >= 15 is 0 Å². The van der Waals surface area contributed by atoms with Gasteiger partial charge in [0.15, 0.2) is 0 Å². The predicted molar refractivity (Wildman–Crippen MR) is 86.9 cm³/mol. The molecule has 1 N–H and O–H groups in total. The zero-order valence-electron chi connectivity index (χ0n) is 13.7. The maximum absolute atomic E-state index is 13.4. The highest BCUT2D eigenvalue weighted by Gasteiger charge is 2.42. The van der Waals surface area contributed by atoms with E-state index in [0.29, 0.717) is 38.2 Å². The number of aliphatic hydroxyl groups is 1. The number of rotatable bonds is 3. The Balaban J connectivity index is 1.74. The van der Waals surface area contributed by atoms with Gasteiger partial charge in [0.1, 0.15) is 5.82 Å². The lowest BCUT2D eigenvalue weighted by Crippen LogP contribution is -2.55. The van der Waals surface area contributed by atoms with Gasteiger partial charge in [0.2, 0.25) is 5.91 Å². The standard InChI is InChI=1S/C18H23FN2O3/c19-15-4-1-3-14(11-15)17(24)21-8-2-6-18(13-21)7-5-16(23)20(12-18)9-10-22/h1,3-4,11,22H,2,5-10,12-13H2/t18-/m1/s1. The lowest BCUT2D eigenvalue weighted by atomic mass is 9.73. The Hall–Kier alpha value is -1.95. The average molecular weight is 334 g/mol. The highest BCUT2D eigenvalue weighted by atomic mass is 19.1. The molecule has 0 unspecified atom stereocenters. The van der Waals surface area contributed by atoms with Crippen molar-refractivity contribution in [3.63, 3.8) is 0 Å². The molecule has 2 saturated heterocycles. The fourth-order valence-electron chi connectivity index (χ4n) is 3.95. The molecular formula is C18H23FN2O3. The van der Waals surface area contributed by atoms with E-state index in [-0.39, 0.29) is 23.8 Å². The van der Waals surface area contributed by atoms with Gasteiger partial charge in [0, 0.05) is 43.6 Å². The van der Waals surface area contributed by atoms with Crippen molar-refractivity contribution in [3.05, 3.63) is 35.6 Å². The number of amides is 2. The average Bonchev–Trinajstić information content (AvgIpc) is 2.58. The Labute approximate surface area is 141 Å². The van der Waals surface area contributed by atoms with Crippen LogP contribution in [0.2, 0.25) is 0 Å². The molecule has 1 spiro atoms. The van der Waals surface area contributed by atoms with Crippen molar-refractivity contribution in [1.29, 1.82) is 0 Å². The minimum absolute atomic E-state index is 0.0479. The van der Waals surface area contributed by atoms with E-state index in [1.54, 1.807) is 21.9 Å². The van der Waals surface area contributed by atoms with Crippen LogP contribution in [0, 0.1) is 11.2 Å². The topological polar surface area (TPSA) is 60.9 Å². The summed E-state index contributed by atoms with van der Waals surface area (Å²) in [7, 11) is 0. The molecule has 2 aliphatic heterocycles. The van der Waals surface area contributed by atoms with Gasteiger partial charge in [-0.1, -0.05) is 6.07 Å². The number of halogens is 1. The fourth-order valence-corrected chi connectivity index (χ4v) is 3.95. The molecule has 2 fully saturated rings. The van der Waals surface area contributed by atoms with Crippen molar-refractivity contribution in [2.45, 2.75) is 25.7 Å². The number of benzene rings is 1. The minimum Gasteiger partial charge on any atom is -0.395 e. The number of piperidine rings is 2. The minimum atomic E-state index is -0.412. The molecule has 0 radical (unpaired) electrons. The number of likely N-dealkylation sites (tertiary alicyclic amines) is 2. The summed E-state index contributed by atoms with van der Waals surface area (Å²) in [6, 6.07) is 5.78. The first-order valence-electron chi connectivity index (χ1n) is 8.46. The van der Waals surface area contributed by atoms with Crippen molar-refractivity contribution in [3.8, 4) is 0 Å². The van der Waals surface area contributed by atoms with Crippen LogP contribution >= 0.6 is 0 Å². The summed E-state index contributed by atoms with van der Waals surface area (Å²) in [6.07, 6.45) is 3.07. The molecule has 1 aromatic rings. The van der Waals surface area contributed by atoms with Gasteiger partial charge in [-0.2, -0.15) is 0 Å². The Morgan fingerprint density at radius 3 is 2.88 bits per heavy atom. The number of nitrogens with zero attached hydrogens (tertiary/aromatic N) is 2. The molecular weight excluding hydrogens is 311 g/mol. The van der Waals surface area contributed by atoms with E-state index in [2.05, 4.69) is 0 Å². The van der Waals surface area contributed by atoms with Crippen LogP contribution in [0.25, 0.3) is 0 Å². The van der Waals surface area contributed by atoms with Crippen molar-refractivity contribution < 1.29 is 19.1 Å². The van der Waals surface area contributed by atoms with Gasteiger partial charge in [-0.15, -0.1) is 0 Å². The molecule has 1 atom stereocenters. The Kier molecular flexibility index (Phi) is 4.85. The maximum Gasteiger partial charge on any atom is 0.253 e. The molecule has 6 heteroatoms. The molecule has 2 heterocycles. The fraction of sp³-hybridized carbons (Fsp3) is 0.556. The van der Waals surface area contributed by atoms with Crippen LogP contribution in [-0.4, -0.2) is 59.5 Å². The van der Waals surface area contributed by atoms with Crippen molar-refractivity contribution in [1.82, 2.24) is 9.80 Å². The first-order chi connectivity index (χ1) is 11.5. The summed E-state index contributed by atoms with van der Waals surface area (Å²) < 4.78 is 13.4. The third-order valence-corrected chi connectivity index (χ3v) is 5.14. The van der Waals surface area contributed by atoms with Crippen molar-refractivity contribution >= 4 is 11.8 Å². The molecule has 130 valence electrons. The largest absolute Gasteiger partial charge is 0.395 e. The Morgan fingerprint density at radius 1 is 1.29 bits per heavy atom. The van der Waals surface area contributed by atoms with E-state index in [4.69, 9.17) is 5.11 Å². The molecule has 24 heavy (non-hydrogen) atoms. The third-order valence-electron chi connectivity index (χ3n) is 5.14. The first-order valence-corrected chi connectivity index (χ1v) is 8.46. The SMILES string of the molecule is O=C1CC[C@]2(CCCN(C(=O)c3cccc(F)c3)C2)CN1CCO. The van der Waals surface area contributed by atoms with E-state index in [9.17, 15) is 14.0 Å². The molecule has 3 rings (SSSR count). The number of β-amino-alcohol motifs (C(OH)–C–C–N with tert-alkyl or cyclic N) is 1. The van der Waals surface area contributed by atoms with Gasteiger partial charge in [0.25, 0.3) is 5.91 Å². The van der Waals surface area contributed by atoms with Gasteiger partial charge in [-0.3, -0.25) is 9.59 Å². The van der Waals surface area contributed by atoms with Crippen LogP contribution in [0.1, 0.15) is 36.0 Å². The van der Waals surface area contributed by atoms with Crippen LogP contribution in [-0.2, 0) is 4.79 Å². The van der Waals surface area contributed by atoms with Crippen molar-refractivity contribution in [2.24, 2.45) is 5.41 Å². The number of hydrogen-bond donors (Lipinski definition) is 1. The van der Waals surface area contributed by atoms with E-state index < -0.39 is 5.82 Å². The Morgan fingerprint density at radius 2 is 2.12 bits per heavy atom. The molecule has 2 amide bonds. The van der Waals surface area contributed by atoms with Gasteiger partial charge >= 0.3 is 0 Å². The summed E-state index contributed by atoms with van der Waals surface area (Å²) in [5.41, 5.74) is 0.260. The molecule has 0 bridgehead atoms. The third kappa shape index (κ3) is 3.43.